The van der Waals surface area contributed by atoms with Crippen molar-refractivity contribution in [3.05, 3.63) is 58.7 Å². The number of halogens is 3. The van der Waals surface area contributed by atoms with Crippen LogP contribution in [0.1, 0.15) is 28.2 Å². The molecule has 0 radical (unpaired) electrons. The fourth-order valence-corrected chi connectivity index (χ4v) is 4.59. The summed E-state index contributed by atoms with van der Waals surface area (Å²) in [5.74, 6) is 1.06. The minimum absolute atomic E-state index is 0.149. The van der Waals surface area contributed by atoms with E-state index in [2.05, 4.69) is 35.6 Å². The Hall–Kier alpha value is -2.21. The minimum atomic E-state index is -4.34. The third kappa shape index (κ3) is 3.38. The van der Waals surface area contributed by atoms with Crippen LogP contribution in [-0.4, -0.2) is 26.7 Å². The Bertz CT molecular complexity index is 847. The van der Waals surface area contributed by atoms with Crippen LogP contribution in [0.3, 0.4) is 0 Å². The average Bonchev–Trinajstić information content (AvgIpc) is 3.07. The van der Waals surface area contributed by atoms with Crippen molar-refractivity contribution < 1.29 is 13.2 Å². The van der Waals surface area contributed by atoms with E-state index in [4.69, 9.17) is 0 Å². The van der Waals surface area contributed by atoms with Gasteiger partial charge in [-0.2, -0.15) is 13.2 Å². The van der Waals surface area contributed by atoms with Gasteiger partial charge in [0, 0.05) is 50.5 Å². The zero-order chi connectivity index (χ0) is 19.2. The van der Waals surface area contributed by atoms with E-state index in [1.807, 2.05) is 6.07 Å². The summed E-state index contributed by atoms with van der Waals surface area (Å²) in [6.07, 6.45) is -4.34. The van der Waals surface area contributed by atoms with E-state index in [1.54, 1.807) is 6.07 Å². The molecule has 6 heteroatoms. The van der Waals surface area contributed by atoms with Gasteiger partial charge >= 0.3 is 6.18 Å². The minimum Gasteiger partial charge on any atom is -0.381 e. The molecule has 2 aliphatic rings. The predicted octanol–water partition coefficient (Wildman–Crippen LogP) is 4.38. The number of nitrogens with one attached hydrogen (secondary N) is 2. The number of fused-ring (bicyclic) bond motifs is 3. The lowest BCUT2D eigenvalue weighted by Crippen LogP contribution is -2.35. The molecule has 1 saturated heterocycles. The summed E-state index contributed by atoms with van der Waals surface area (Å²) >= 11 is 0. The largest absolute Gasteiger partial charge is 0.416 e. The molecule has 27 heavy (non-hydrogen) atoms. The third-order valence-corrected chi connectivity index (χ3v) is 5.77. The number of anilines is 2. The summed E-state index contributed by atoms with van der Waals surface area (Å²) < 4.78 is 39.6. The molecule has 2 aromatic carbocycles. The molecule has 0 aromatic heterocycles. The van der Waals surface area contributed by atoms with E-state index in [-0.39, 0.29) is 12.1 Å². The Balaban J connectivity index is 1.62. The van der Waals surface area contributed by atoms with E-state index < -0.39 is 11.7 Å². The third-order valence-electron chi connectivity index (χ3n) is 5.77. The molecular formula is C21H24F3N3. The molecule has 1 fully saturated rings. The zero-order valence-electron chi connectivity index (χ0n) is 15.5. The van der Waals surface area contributed by atoms with Gasteiger partial charge in [0.25, 0.3) is 0 Å². The number of hydrogen-bond donors (Lipinski definition) is 2. The maximum absolute atomic E-state index is 13.2. The van der Waals surface area contributed by atoms with Crippen molar-refractivity contribution >= 4 is 11.4 Å². The molecule has 3 nitrogen and oxygen atoms in total. The fourth-order valence-electron chi connectivity index (χ4n) is 4.59. The normalized spacial score (nSPS) is 21.7. The molecule has 0 saturated carbocycles. The summed E-state index contributed by atoms with van der Waals surface area (Å²) in [5.41, 5.74) is 4.28. The zero-order valence-corrected chi connectivity index (χ0v) is 15.5. The van der Waals surface area contributed by atoms with Crippen LogP contribution < -0.4 is 15.5 Å². The Labute approximate surface area is 157 Å². The topological polar surface area (TPSA) is 27.3 Å². The monoisotopic (exact) mass is 375 g/mol. The molecule has 0 unspecified atom stereocenters. The predicted molar refractivity (Wildman–Crippen MR) is 102 cm³/mol. The van der Waals surface area contributed by atoms with E-state index in [0.717, 1.165) is 37.0 Å². The van der Waals surface area contributed by atoms with Crippen LogP contribution in [0.25, 0.3) is 0 Å². The molecule has 144 valence electrons. The second-order valence-corrected chi connectivity index (χ2v) is 7.64. The summed E-state index contributed by atoms with van der Waals surface area (Å²) in [6.45, 7) is 5.25. The number of rotatable bonds is 3. The summed E-state index contributed by atoms with van der Waals surface area (Å²) in [6, 6.07) is 9.91. The van der Waals surface area contributed by atoms with Gasteiger partial charge in [0.15, 0.2) is 0 Å². The highest BCUT2D eigenvalue weighted by Crippen LogP contribution is 2.43. The lowest BCUT2D eigenvalue weighted by atomic mass is 9.82. The smallest absolute Gasteiger partial charge is 0.381 e. The number of nitrogens with zero attached hydrogens (tertiary/aromatic N) is 1. The number of alkyl halides is 3. The quantitative estimate of drug-likeness (QED) is 0.834. The van der Waals surface area contributed by atoms with Gasteiger partial charge in [-0.1, -0.05) is 18.2 Å². The van der Waals surface area contributed by atoms with Crippen LogP contribution in [0.5, 0.6) is 0 Å². The van der Waals surface area contributed by atoms with Crippen LogP contribution in [0.15, 0.2) is 36.4 Å². The van der Waals surface area contributed by atoms with Crippen molar-refractivity contribution in [2.24, 2.45) is 5.92 Å². The summed E-state index contributed by atoms with van der Waals surface area (Å²) in [5, 5.41) is 6.69. The second-order valence-electron chi connectivity index (χ2n) is 7.64. The number of benzene rings is 2. The summed E-state index contributed by atoms with van der Waals surface area (Å²) in [4.78, 5) is 2.31. The van der Waals surface area contributed by atoms with Gasteiger partial charge in [-0.3, -0.25) is 0 Å². The second kappa shape index (κ2) is 6.75. The fraction of sp³-hybridized carbons (Fsp3) is 0.429. The number of aryl methyl sites for hydroxylation is 1. The van der Waals surface area contributed by atoms with Crippen molar-refractivity contribution in [3.63, 3.8) is 0 Å². The van der Waals surface area contributed by atoms with Crippen LogP contribution >= 0.6 is 0 Å². The number of hydrogen-bond acceptors (Lipinski definition) is 3. The summed E-state index contributed by atoms with van der Waals surface area (Å²) in [7, 11) is 2.12. The maximum Gasteiger partial charge on any atom is 0.416 e. The van der Waals surface area contributed by atoms with E-state index >= 15 is 0 Å². The first kappa shape index (κ1) is 18.2. The highest BCUT2D eigenvalue weighted by molar-refractivity contribution is 5.68. The Morgan fingerprint density at radius 2 is 1.96 bits per heavy atom. The van der Waals surface area contributed by atoms with Crippen molar-refractivity contribution in [1.82, 2.24) is 5.32 Å². The molecule has 2 aliphatic heterocycles. The van der Waals surface area contributed by atoms with Gasteiger partial charge in [-0.05, 0) is 47.7 Å². The van der Waals surface area contributed by atoms with Crippen molar-refractivity contribution in [2.45, 2.75) is 25.6 Å². The van der Waals surface area contributed by atoms with Crippen molar-refractivity contribution in [3.8, 4) is 0 Å². The maximum atomic E-state index is 13.2. The first-order valence-electron chi connectivity index (χ1n) is 9.30. The Kier molecular flexibility index (Phi) is 4.54. The van der Waals surface area contributed by atoms with Gasteiger partial charge in [0.1, 0.15) is 0 Å². The van der Waals surface area contributed by atoms with Crippen molar-refractivity contribution in [1.29, 1.82) is 0 Å². The molecule has 2 aromatic rings. The molecule has 2 atom stereocenters. The molecular weight excluding hydrogens is 351 g/mol. The molecule has 0 spiro atoms. The molecule has 4 rings (SSSR count). The molecule has 2 N–H and O–H groups in total. The molecule has 2 heterocycles. The first-order chi connectivity index (χ1) is 12.8. The first-order valence-corrected chi connectivity index (χ1v) is 9.30. The SMILES string of the molecule is Cc1cc(NCc2ccccc2C(F)(F)F)cc2c1N(C)C[C@@H]1CNC[C@H]21. The molecule has 0 aliphatic carbocycles. The van der Waals surface area contributed by atoms with E-state index in [1.165, 1.54) is 23.4 Å². The standard InChI is InChI=1S/C21H24F3N3/c1-13-7-16(26-10-14-5-3-4-6-19(14)21(22,23)24)8-17-18-11-25-9-15(18)12-27(2)20(13)17/h3-8,15,18,25-26H,9-12H2,1-2H3/t15-,18-/m0/s1. The van der Waals surface area contributed by atoms with E-state index in [0.29, 0.717) is 11.8 Å². The van der Waals surface area contributed by atoms with Crippen molar-refractivity contribution in [2.75, 3.05) is 36.9 Å². The molecule has 0 amide bonds. The van der Waals surface area contributed by atoms with Crippen LogP contribution in [0.2, 0.25) is 0 Å². The van der Waals surface area contributed by atoms with Crippen LogP contribution in [-0.2, 0) is 12.7 Å². The van der Waals surface area contributed by atoms with Crippen LogP contribution in [0, 0.1) is 12.8 Å². The highest BCUT2D eigenvalue weighted by atomic mass is 19.4. The lowest BCUT2D eigenvalue weighted by Gasteiger charge is -2.37. The van der Waals surface area contributed by atoms with E-state index in [9.17, 15) is 13.2 Å². The Morgan fingerprint density at radius 3 is 2.74 bits per heavy atom. The van der Waals surface area contributed by atoms with Crippen LogP contribution in [0.4, 0.5) is 24.5 Å². The highest BCUT2D eigenvalue weighted by Gasteiger charge is 2.36. The van der Waals surface area contributed by atoms with Gasteiger partial charge in [-0.25, -0.2) is 0 Å². The lowest BCUT2D eigenvalue weighted by molar-refractivity contribution is -0.138. The van der Waals surface area contributed by atoms with Gasteiger partial charge in [0.2, 0.25) is 0 Å². The Morgan fingerprint density at radius 1 is 1.19 bits per heavy atom. The molecule has 0 bridgehead atoms. The van der Waals surface area contributed by atoms with Gasteiger partial charge in [0.05, 0.1) is 5.56 Å². The average molecular weight is 375 g/mol. The van der Waals surface area contributed by atoms with Gasteiger partial charge < -0.3 is 15.5 Å². The van der Waals surface area contributed by atoms with Gasteiger partial charge in [-0.15, -0.1) is 0 Å².